The average molecular weight is 293 g/mol. The van der Waals surface area contributed by atoms with Crippen LogP contribution in [0, 0.1) is 6.92 Å². The molecule has 0 aliphatic heterocycles. The molecule has 1 aromatic heterocycles. The van der Waals surface area contributed by atoms with Gasteiger partial charge in [-0.2, -0.15) is 0 Å². The van der Waals surface area contributed by atoms with E-state index in [0.29, 0.717) is 29.8 Å². The van der Waals surface area contributed by atoms with Crippen LogP contribution in [0.1, 0.15) is 25.2 Å². The van der Waals surface area contributed by atoms with Crippen molar-refractivity contribution in [3.8, 4) is 17.2 Å². The van der Waals surface area contributed by atoms with Crippen LogP contribution in [0.25, 0.3) is 11.0 Å². The van der Waals surface area contributed by atoms with Gasteiger partial charge in [0.05, 0.1) is 33.3 Å². The van der Waals surface area contributed by atoms with E-state index in [4.69, 9.17) is 18.6 Å². The van der Waals surface area contributed by atoms with Gasteiger partial charge in [0.1, 0.15) is 11.3 Å². The van der Waals surface area contributed by atoms with Crippen LogP contribution in [0.5, 0.6) is 17.2 Å². The fourth-order valence-electron chi connectivity index (χ4n) is 2.38. The number of ether oxygens (including phenoxy) is 3. The highest BCUT2D eigenvalue weighted by molar-refractivity contribution is 5.93. The van der Waals surface area contributed by atoms with Crippen LogP contribution in [-0.4, -0.2) is 27.4 Å². The third-order valence-electron chi connectivity index (χ3n) is 3.49. The van der Waals surface area contributed by atoms with Gasteiger partial charge in [-0.05, 0) is 6.92 Å². The quantitative estimate of drug-likeness (QED) is 0.886. The summed E-state index contributed by atoms with van der Waals surface area (Å²) in [5.74, 6) is 2.72. The van der Waals surface area contributed by atoms with Gasteiger partial charge in [-0.3, -0.25) is 0 Å². The van der Waals surface area contributed by atoms with Crippen LogP contribution < -0.4 is 19.5 Å². The van der Waals surface area contributed by atoms with E-state index in [1.807, 2.05) is 13.0 Å². The second kappa shape index (κ2) is 6.26. The van der Waals surface area contributed by atoms with Crippen LogP contribution in [0.4, 0.5) is 0 Å². The van der Waals surface area contributed by atoms with Crippen molar-refractivity contribution in [3.63, 3.8) is 0 Å². The van der Waals surface area contributed by atoms with Crippen molar-refractivity contribution >= 4 is 11.0 Å². The monoisotopic (exact) mass is 293 g/mol. The van der Waals surface area contributed by atoms with Crippen molar-refractivity contribution in [2.45, 2.75) is 33.4 Å². The number of fused-ring (bicyclic) bond motifs is 1. The first-order valence-electron chi connectivity index (χ1n) is 6.97. The Morgan fingerprint density at radius 3 is 2.29 bits per heavy atom. The Bertz CT molecular complexity index is 631. The molecule has 116 valence electrons. The standard InChI is InChI=1S/C16H23NO4/c1-9(2)17-8-13-10(3)14-11(21-13)7-12(18-4)15(19-5)16(14)20-6/h7,9,17H,8H2,1-6H3. The second-order valence-electron chi connectivity index (χ2n) is 5.20. The second-order valence-corrected chi connectivity index (χ2v) is 5.20. The van der Waals surface area contributed by atoms with E-state index in [0.717, 1.165) is 22.3 Å². The van der Waals surface area contributed by atoms with Crippen molar-refractivity contribution in [2.24, 2.45) is 0 Å². The molecule has 5 nitrogen and oxygen atoms in total. The Morgan fingerprint density at radius 2 is 1.76 bits per heavy atom. The molecule has 0 aliphatic carbocycles. The van der Waals surface area contributed by atoms with E-state index in [-0.39, 0.29) is 0 Å². The first-order chi connectivity index (χ1) is 10.0. The molecular formula is C16H23NO4. The largest absolute Gasteiger partial charge is 0.493 e. The van der Waals surface area contributed by atoms with Crippen LogP contribution in [0.2, 0.25) is 0 Å². The maximum absolute atomic E-state index is 5.96. The van der Waals surface area contributed by atoms with Crippen molar-refractivity contribution in [2.75, 3.05) is 21.3 Å². The maximum atomic E-state index is 5.96. The Morgan fingerprint density at radius 1 is 1.10 bits per heavy atom. The summed E-state index contributed by atoms with van der Waals surface area (Å²) in [5, 5.41) is 4.29. The molecule has 2 rings (SSSR count). The third-order valence-corrected chi connectivity index (χ3v) is 3.49. The molecule has 0 unspecified atom stereocenters. The number of furan rings is 1. The van der Waals surface area contributed by atoms with Gasteiger partial charge in [0.25, 0.3) is 0 Å². The molecule has 0 aliphatic rings. The predicted octanol–water partition coefficient (Wildman–Crippen LogP) is 3.27. The van der Waals surface area contributed by atoms with Crippen LogP contribution >= 0.6 is 0 Å². The number of hydrogen-bond acceptors (Lipinski definition) is 5. The zero-order chi connectivity index (χ0) is 15.6. The minimum absolute atomic E-state index is 0.392. The van der Waals surface area contributed by atoms with Gasteiger partial charge in [0.15, 0.2) is 11.5 Å². The summed E-state index contributed by atoms with van der Waals surface area (Å²) >= 11 is 0. The summed E-state index contributed by atoms with van der Waals surface area (Å²) in [6, 6.07) is 2.23. The molecule has 1 aromatic carbocycles. The van der Waals surface area contributed by atoms with Gasteiger partial charge in [0, 0.05) is 17.7 Å². The number of aryl methyl sites for hydroxylation is 1. The smallest absolute Gasteiger partial charge is 0.204 e. The first-order valence-corrected chi connectivity index (χ1v) is 6.97. The van der Waals surface area contributed by atoms with E-state index >= 15 is 0 Å². The highest BCUT2D eigenvalue weighted by atomic mass is 16.5. The van der Waals surface area contributed by atoms with E-state index in [1.54, 1.807) is 21.3 Å². The minimum atomic E-state index is 0.392. The lowest BCUT2D eigenvalue weighted by molar-refractivity contribution is 0.326. The summed E-state index contributed by atoms with van der Waals surface area (Å²) in [7, 11) is 4.82. The molecule has 0 spiro atoms. The fourth-order valence-corrected chi connectivity index (χ4v) is 2.38. The minimum Gasteiger partial charge on any atom is -0.493 e. The Kier molecular flexibility index (Phi) is 4.63. The molecule has 0 fully saturated rings. The van der Waals surface area contributed by atoms with E-state index in [2.05, 4.69) is 19.2 Å². The normalized spacial score (nSPS) is 11.2. The lowest BCUT2D eigenvalue weighted by Gasteiger charge is -2.12. The molecule has 21 heavy (non-hydrogen) atoms. The molecule has 0 atom stereocenters. The maximum Gasteiger partial charge on any atom is 0.204 e. The van der Waals surface area contributed by atoms with Gasteiger partial charge in [-0.25, -0.2) is 0 Å². The highest BCUT2D eigenvalue weighted by Gasteiger charge is 2.22. The number of nitrogens with one attached hydrogen (secondary N) is 1. The SMILES string of the molecule is COc1cc2oc(CNC(C)C)c(C)c2c(OC)c1OC. The molecule has 0 saturated carbocycles. The van der Waals surface area contributed by atoms with Gasteiger partial charge >= 0.3 is 0 Å². The molecule has 0 radical (unpaired) electrons. The van der Waals surface area contributed by atoms with Crippen LogP contribution in [0.3, 0.4) is 0 Å². The zero-order valence-corrected chi connectivity index (χ0v) is 13.5. The van der Waals surface area contributed by atoms with Crippen molar-refractivity contribution in [1.29, 1.82) is 0 Å². The van der Waals surface area contributed by atoms with Gasteiger partial charge in [-0.1, -0.05) is 13.8 Å². The molecule has 1 heterocycles. The van der Waals surface area contributed by atoms with E-state index in [9.17, 15) is 0 Å². The predicted molar refractivity (Wildman–Crippen MR) is 82.6 cm³/mol. The van der Waals surface area contributed by atoms with Crippen molar-refractivity contribution in [1.82, 2.24) is 5.32 Å². The summed E-state index contributed by atoms with van der Waals surface area (Å²) < 4.78 is 22.3. The Labute approximate surface area is 125 Å². The topological polar surface area (TPSA) is 52.9 Å². The van der Waals surface area contributed by atoms with Crippen molar-refractivity contribution in [3.05, 3.63) is 17.4 Å². The number of hydrogen-bond donors (Lipinski definition) is 1. The fraction of sp³-hybridized carbons (Fsp3) is 0.500. The van der Waals surface area contributed by atoms with Crippen LogP contribution in [0.15, 0.2) is 10.5 Å². The third kappa shape index (κ3) is 2.78. The number of rotatable bonds is 6. The van der Waals surface area contributed by atoms with Gasteiger partial charge in [-0.15, -0.1) is 0 Å². The van der Waals surface area contributed by atoms with Gasteiger partial charge in [0.2, 0.25) is 5.75 Å². The molecular weight excluding hydrogens is 270 g/mol. The van der Waals surface area contributed by atoms with E-state index < -0.39 is 0 Å². The summed E-state index contributed by atoms with van der Waals surface area (Å²) in [5.41, 5.74) is 1.79. The average Bonchev–Trinajstić information content (AvgIpc) is 2.79. The van der Waals surface area contributed by atoms with Crippen molar-refractivity contribution < 1.29 is 18.6 Å². The first kappa shape index (κ1) is 15.5. The molecule has 0 saturated heterocycles. The Balaban J connectivity index is 2.61. The highest BCUT2D eigenvalue weighted by Crippen LogP contribution is 2.46. The lowest BCUT2D eigenvalue weighted by atomic mass is 10.1. The summed E-state index contributed by atoms with van der Waals surface area (Å²) in [6.07, 6.45) is 0. The van der Waals surface area contributed by atoms with Gasteiger partial charge < -0.3 is 23.9 Å². The Hall–Kier alpha value is -1.88. The molecule has 5 heteroatoms. The summed E-state index contributed by atoms with van der Waals surface area (Å²) in [6.45, 7) is 6.90. The number of methoxy groups -OCH3 is 3. The molecule has 2 aromatic rings. The molecule has 0 amide bonds. The molecule has 1 N–H and O–H groups in total. The van der Waals surface area contributed by atoms with E-state index in [1.165, 1.54) is 0 Å². The summed E-state index contributed by atoms with van der Waals surface area (Å²) in [4.78, 5) is 0. The molecule has 0 bridgehead atoms. The van der Waals surface area contributed by atoms with Crippen LogP contribution in [-0.2, 0) is 6.54 Å². The number of benzene rings is 1. The zero-order valence-electron chi connectivity index (χ0n) is 13.5. The lowest BCUT2D eigenvalue weighted by Crippen LogP contribution is -2.21.